The number of nitrogens with one attached hydrogen (secondary N) is 1. The zero-order valence-electron chi connectivity index (χ0n) is 15.3. The average Bonchev–Trinajstić information content (AvgIpc) is 2.94. The predicted molar refractivity (Wildman–Crippen MR) is 96.6 cm³/mol. The summed E-state index contributed by atoms with van der Waals surface area (Å²) in [6.45, 7) is 1.85. The number of halogens is 2. The molecule has 1 heterocycles. The van der Waals surface area contributed by atoms with E-state index in [1.54, 1.807) is 32.2 Å². The van der Waals surface area contributed by atoms with Gasteiger partial charge in [-0.15, -0.1) is 0 Å². The maximum Gasteiger partial charge on any atom is 0.237 e. The number of nitrogens with zero attached hydrogens (tertiary/aromatic N) is 1. The molecule has 0 bridgehead atoms. The zero-order valence-corrected chi connectivity index (χ0v) is 15.3. The molecule has 1 saturated heterocycles. The van der Waals surface area contributed by atoms with Crippen LogP contribution in [-0.4, -0.2) is 37.4 Å². The van der Waals surface area contributed by atoms with Crippen LogP contribution in [0.3, 0.4) is 0 Å². The van der Waals surface area contributed by atoms with E-state index in [1.807, 2.05) is 0 Å². The summed E-state index contributed by atoms with van der Waals surface area (Å²) in [6, 6.07) is 9.00. The Bertz CT molecular complexity index is 901. The van der Waals surface area contributed by atoms with Crippen molar-refractivity contribution in [1.29, 1.82) is 0 Å². The van der Waals surface area contributed by atoms with Gasteiger partial charge in [0.1, 0.15) is 11.7 Å². The lowest BCUT2D eigenvalue weighted by Gasteiger charge is -2.18. The zero-order chi connectivity index (χ0) is 19.7. The van der Waals surface area contributed by atoms with Crippen molar-refractivity contribution in [2.45, 2.75) is 12.8 Å². The molecule has 0 saturated carbocycles. The van der Waals surface area contributed by atoms with Gasteiger partial charge in [0.15, 0.2) is 11.6 Å². The fraction of sp³-hybridized carbons (Fsp3) is 0.300. The van der Waals surface area contributed by atoms with Gasteiger partial charge in [0.25, 0.3) is 0 Å². The molecule has 0 aliphatic carbocycles. The van der Waals surface area contributed by atoms with Crippen molar-refractivity contribution in [2.75, 3.05) is 26.0 Å². The van der Waals surface area contributed by atoms with E-state index in [-0.39, 0.29) is 23.9 Å². The average molecular weight is 374 g/mol. The molecule has 142 valence electrons. The molecule has 2 aromatic rings. The third kappa shape index (κ3) is 3.49. The maximum absolute atomic E-state index is 14.2. The van der Waals surface area contributed by atoms with E-state index in [4.69, 9.17) is 4.74 Å². The van der Waals surface area contributed by atoms with Crippen LogP contribution in [-0.2, 0) is 9.59 Å². The normalized spacial score (nSPS) is 19.3. The van der Waals surface area contributed by atoms with Crippen LogP contribution in [0.25, 0.3) is 0 Å². The highest BCUT2D eigenvalue weighted by atomic mass is 19.1. The van der Waals surface area contributed by atoms with Crippen molar-refractivity contribution in [1.82, 2.24) is 4.90 Å². The van der Waals surface area contributed by atoms with Crippen LogP contribution in [0, 0.1) is 24.5 Å². The minimum Gasteiger partial charge on any atom is -0.494 e. The summed E-state index contributed by atoms with van der Waals surface area (Å²) in [4.78, 5) is 26.7. The summed E-state index contributed by atoms with van der Waals surface area (Å²) in [6.07, 6.45) is 0. The quantitative estimate of drug-likeness (QED) is 0.837. The number of likely N-dealkylation sites (tertiary alicyclic amines) is 1. The summed E-state index contributed by atoms with van der Waals surface area (Å²) in [5.41, 5.74) is 0.911. The fourth-order valence-corrected chi connectivity index (χ4v) is 3.36. The summed E-state index contributed by atoms with van der Waals surface area (Å²) in [5.74, 6) is -3.65. The summed E-state index contributed by atoms with van der Waals surface area (Å²) in [7, 11) is 2.94. The second-order valence-corrected chi connectivity index (χ2v) is 6.62. The third-order valence-electron chi connectivity index (χ3n) is 4.85. The number of benzene rings is 2. The van der Waals surface area contributed by atoms with Crippen LogP contribution in [0.15, 0.2) is 36.4 Å². The van der Waals surface area contributed by atoms with Gasteiger partial charge in [0.2, 0.25) is 11.8 Å². The van der Waals surface area contributed by atoms with Crippen molar-refractivity contribution < 1.29 is 23.1 Å². The van der Waals surface area contributed by atoms with Gasteiger partial charge in [-0.05, 0) is 36.2 Å². The lowest BCUT2D eigenvalue weighted by Crippen LogP contribution is -2.33. The lowest BCUT2D eigenvalue weighted by atomic mass is 9.87. The van der Waals surface area contributed by atoms with Crippen molar-refractivity contribution >= 4 is 17.5 Å². The smallest absolute Gasteiger partial charge is 0.237 e. The van der Waals surface area contributed by atoms with Crippen molar-refractivity contribution in [3.8, 4) is 5.75 Å². The van der Waals surface area contributed by atoms with Crippen LogP contribution >= 0.6 is 0 Å². The Morgan fingerprint density at radius 1 is 1.26 bits per heavy atom. The first-order valence-electron chi connectivity index (χ1n) is 8.48. The Morgan fingerprint density at radius 3 is 2.67 bits per heavy atom. The first-order valence-corrected chi connectivity index (χ1v) is 8.48. The van der Waals surface area contributed by atoms with Crippen molar-refractivity contribution in [3.63, 3.8) is 0 Å². The number of carbonyl (C=O) groups is 2. The lowest BCUT2D eigenvalue weighted by molar-refractivity contribution is -0.135. The number of carbonyl (C=O) groups excluding carboxylic acids is 2. The Balaban J connectivity index is 1.91. The summed E-state index contributed by atoms with van der Waals surface area (Å²) < 4.78 is 33.2. The van der Waals surface area contributed by atoms with Gasteiger partial charge in [-0.25, -0.2) is 8.78 Å². The van der Waals surface area contributed by atoms with Crippen LogP contribution < -0.4 is 10.1 Å². The molecule has 0 radical (unpaired) electrons. The Morgan fingerprint density at radius 2 is 2.00 bits per heavy atom. The van der Waals surface area contributed by atoms with Gasteiger partial charge in [0.05, 0.1) is 12.8 Å². The van der Waals surface area contributed by atoms with Crippen LogP contribution in [0.5, 0.6) is 5.75 Å². The summed E-state index contributed by atoms with van der Waals surface area (Å²) in [5, 5.41) is 2.50. The van der Waals surface area contributed by atoms with E-state index in [0.717, 1.165) is 0 Å². The van der Waals surface area contributed by atoms with E-state index in [9.17, 15) is 18.4 Å². The Hall–Kier alpha value is -2.96. The molecule has 0 unspecified atom stereocenters. The van der Waals surface area contributed by atoms with Crippen molar-refractivity contribution in [2.24, 2.45) is 5.92 Å². The number of ether oxygens (including phenoxy) is 1. The number of rotatable bonds is 4. The molecule has 5 nitrogen and oxygen atoms in total. The van der Waals surface area contributed by atoms with Gasteiger partial charge in [-0.2, -0.15) is 0 Å². The van der Waals surface area contributed by atoms with E-state index >= 15 is 0 Å². The molecule has 1 aliphatic rings. The highest BCUT2D eigenvalue weighted by Gasteiger charge is 2.44. The molecular weight excluding hydrogens is 354 g/mol. The largest absolute Gasteiger partial charge is 0.494 e. The molecule has 1 N–H and O–H groups in total. The molecule has 2 amide bonds. The number of hydrogen-bond acceptors (Lipinski definition) is 3. The third-order valence-corrected chi connectivity index (χ3v) is 4.85. The molecule has 7 heteroatoms. The number of amides is 2. The number of anilines is 1. The van der Waals surface area contributed by atoms with Crippen molar-refractivity contribution in [3.05, 3.63) is 59.2 Å². The van der Waals surface area contributed by atoms with Gasteiger partial charge < -0.3 is 15.0 Å². The first-order chi connectivity index (χ1) is 12.8. The number of likely N-dealkylation sites (N-methyl/N-ethyl adjacent to an activating group) is 1. The summed E-state index contributed by atoms with van der Waals surface area (Å²) >= 11 is 0. The van der Waals surface area contributed by atoms with Gasteiger partial charge in [-0.3, -0.25) is 9.59 Å². The van der Waals surface area contributed by atoms with Crippen LogP contribution in [0.1, 0.15) is 17.0 Å². The second kappa shape index (κ2) is 7.34. The van der Waals surface area contributed by atoms with Gasteiger partial charge >= 0.3 is 0 Å². The van der Waals surface area contributed by atoms with E-state index in [2.05, 4.69) is 5.32 Å². The Kier molecular flexibility index (Phi) is 5.12. The van der Waals surface area contributed by atoms with Crippen LogP contribution in [0.4, 0.5) is 14.5 Å². The highest BCUT2D eigenvalue weighted by molar-refractivity contribution is 6.08. The molecular formula is C20H20F2N2O3. The number of methoxy groups -OCH3 is 1. The van der Waals surface area contributed by atoms with Gasteiger partial charge in [0, 0.05) is 19.5 Å². The van der Waals surface area contributed by atoms with E-state index < -0.39 is 29.4 Å². The standard InChI is InChI=1S/C20H20F2N2O3/c1-11-5-4-6-15(18(11)22)23-19(25)17-13(10-24(2)20(17)26)12-7-8-16(27-3)14(21)9-12/h4-9,13,17H,10H2,1-3H3,(H,23,25)/t13-,17+/m1/s1. The molecule has 1 fully saturated rings. The van der Waals surface area contributed by atoms with Crippen LogP contribution in [0.2, 0.25) is 0 Å². The predicted octanol–water partition coefficient (Wildman–Crippen LogP) is 3.09. The monoisotopic (exact) mass is 374 g/mol. The molecule has 2 aromatic carbocycles. The molecule has 1 aliphatic heterocycles. The molecule has 27 heavy (non-hydrogen) atoms. The maximum atomic E-state index is 14.2. The molecule has 3 rings (SSSR count). The topological polar surface area (TPSA) is 58.6 Å². The SMILES string of the molecule is COc1ccc([C@H]2CN(C)C(=O)[C@@H]2C(=O)Nc2cccc(C)c2F)cc1F. The minimum absolute atomic E-state index is 0.0158. The van der Waals surface area contributed by atoms with E-state index in [0.29, 0.717) is 11.1 Å². The Labute approximate surface area is 155 Å². The second-order valence-electron chi connectivity index (χ2n) is 6.62. The number of aryl methyl sites for hydroxylation is 1. The van der Waals surface area contributed by atoms with Gasteiger partial charge in [-0.1, -0.05) is 18.2 Å². The molecule has 2 atom stereocenters. The molecule has 0 aromatic heterocycles. The number of hydrogen-bond donors (Lipinski definition) is 1. The molecule has 0 spiro atoms. The highest BCUT2D eigenvalue weighted by Crippen LogP contribution is 2.35. The fourth-order valence-electron chi connectivity index (χ4n) is 3.36. The first kappa shape index (κ1) is 18.8. The minimum atomic E-state index is -1.07. The van der Waals surface area contributed by atoms with E-state index in [1.165, 1.54) is 30.2 Å².